The molecule has 0 aliphatic heterocycles. The van der Waals surface area contributed by atoms with E-state index in [1.54, 1.807) is 0 Å². The Kier molecular flexibility index (Phi) is 4.04. The number of benzene rings is 1. The Morgan fingerprint density at radius 1 is 1.17 bits per heavy atom. The Hall–Kier alpha value is -0.610. The van der Waals surface area contributed by atoms with Crippen molar-refractivity contribution in [2.45, 2.75) is 6.42 Å². The smallest absolute Gasteiger partial charge is 0.285 e. The van der Waals surface area contributed by atoms with E-state index in [4.69, 9.17) is 0 Å². The van der Waals surface area contributed by atoms with Gasteiger partial charge < -0.3 is 9.32 Å². The van der Waals surface area contributed by atoms with E-state index in [9.17, 15) is 9.32 Å². The van der Waals surface area contributed by atoms with Crippen LogP contribution >= 0.6 is 0 Å². The number of hydrogen-bond acceptors (Lipinski definition) is 3. The monoisotopic (exact) mass is 188 g/mol. The second kappa shape index (κ2) is 5.11. The van der Waals surface area contributed by atoms with E-state index in [-0.39, 0.29) is 6.61 Å². The summed E-state index contributed by atoms with van der Waals surface area (Å²) in [5.41, 5.74) is 1.07. The third-order valence-electron chi connectivity index (χ3n) is 1.40. The van der Waals surface area contributed by atoms with Crippen molar-refractivity contribution in [3.63, 3.8) is 0 Å². The predicted octanol–water partition coefficient (Wildman–Crippen LogP) is -0.668. The molecule has 0 aromatic heterocycles. The summed E-state index contributed by atoms with van der Waals surface area (Å²) in [7, 11) is -2.08. The van der Waals surface area contributed by atoms with Crippen molar-refractivity contribution < 1.29 is 24.4 Å². The minimum absolute atomic E-state index is 0.192. The van der Waals surface area contributed by atoms with Crippen molar-refractivity contribution in [1.29, 1.82) is 0 Å². The highest BCUT2D eigenvalue weighted by molar-refractivity contribution is 5.14. The van der Waals surface area contributed by atoms with Crippen LogP contribution in [0.5, 0.6) is 0 Å². The lowest BCUT2D eigenvalue weighted by Crippen LogP contribution is -2.34. The first kappa shape index (κ1) is 9.48. The van der Waals surface area contributed by atoms with Crippen molar-refractivity contribution in [1.82, 2.24) is 0 Å². The zero-order valence-corrected chi connectivity index (χ0v) is 7.16. The van der Waals surface area contributed by atoms with Crippen LogP contribution in [0.15, 0.2) is 30.3 Å². The first-order valence-corrected chi connectivity index (χ1v) is 4.44. The lowest BCUT2D eigenvalue weighted by Gasteiger charge is -1.96. The summed E-state index contributed by atoms with van der Waals surface area (Å²) in [6.07, 6.45) is 0.611. The van der Waals surface area contributed by atoms with Gasteiger partial charge >= 0.3 is 0 Å². The molecular weight excluding hydrogens is 180 g/mol. The fourth-order valence-electron chi connectivity index (χ4n) is 0.864. The van der Waals surface area contributed by atoms with Gasteiger partial charge in [-0.05, 0) is 5.56 Å². The fourth-order valence-corrected chi connectivity index (χ4v) is 1.07. The zero-order valence-electron chi connectivity index (χ0n) is 6.40. The fraction of sp³-hybridized carbons (Fsp3) is 0.250. The van der Waals surface area contributed by atoms with Gasteiger partial charge in [0.15, 0.2) is 6.61 Å². The van der Waals surface area contributed by atoms with Gasteiger partial charge in [-0.3, -0.25) is 0 Å². The van der Waals surface area contributed by atoms with Gasteiger partial charge in [0, 0.05) is 10.7 Å². The van der Waals surface area contributed by atoms with E-state index in [2.05, 4.69) is 4.29 Å². The van der Waals surface area contributed by atoms with Crippen molar-refractivity contribution in [2.75, 3.05) is 6.61 Å². The molecular formula is C8H9ClO3. The molecule has 0 amide bonds. The van der Waals surface area contributed by atoms with Gasteiger partial charge in [0.2, 0.25) is 0 Å². The van der Waals surface area contributed by atoms with E-state index in [0.717, 1.165) is 5.56 Å². The van der Waals surface area contributed by atoms with Crippen LogP contribution in [0.25, 0.3) is 0 Å². The van der Waals surface area contributed by atoms with Crippen LogP contribution in [0, 0.1) is 10.8 Å². The maximum Gasteiger partial charge on any atom is 0.285 e. The van der Waals surface area contributed by atoms with Gasteiger partial charge in [-0.2, -0.15) is 0 Å². The Bertz CT molecular complexity index is 213. The SMILES string of the molecule is [O-][Cl+2]([O-])OCCc1ccccc1. The first-order valence-electron chi connectivity index (χ1n) is 3.52. The molecule has 0 atom stereocenters. The summed E-state index contributed by atoms with van der Waals surface area (Å²) in [4.78, 5) is 0. The van der Waals surface area contributed by atoms with E-state index in [1.807, 2.05) is 30.3 Å². The Labute approximate surface area is 74.0 Å². The molecule has 0 aliphatic rings. The van der Waals surface area contributed by atoms with Crippen LogP contribution in [0.1, 0.15) is 5.56 Å². The predicted molar refractivity (Wildman–Crippen MR) is 36.1 cm³/mol. The summed E-state index contributed by atoms with van der Waals surface area (Å²) in [5, 5.41) is 0. The summed E-state index contributed by atoms with van der Waals surface area (Å²) in [6.45, 7) is 0.192. The Morgan fingerprint density at radius 2 is 1.83 bits per heavy atom. The standard InChI is InChI=1S/C8H9ClO3/c10-9(11)12-7-6-8-4-2-1-3-5-8/h1-5H,6-7H2. The van der Waals surface area contributed by atoms with Crippen molar-refractivity contribution in [3.8, 4) is 0 Å². The van der Waals surface area contributed by atoms with Crippen LogP contribution in [-0.2, 0) is 10.7 Å². The molecule has 0 fully saturated rings. The Balaban J connectivity index is 2.25. The highest BCUT2D eigenvalue weighted by atomic mass is 35.6. The molecule has 0 radical (unpaired) electrons. The molecule has 1 aromatic carbocycles. The van der Waals surface area contributed by atoms with Crippen molar-refractivity contribution in [3.05, 3.63) is 35.9 Å². The van der Waals surface area contributed by atoms with Gasteiger partial charge in [-0.15, -0.1) is 0 Å². The normalized spacial score (nSPS) is 10.6. The quantitative estimate of drug-likeness (QED) is 0.630. The zero-order chi connectivity index (χ0) is 8.81. The van der Waals surface area contributed by atoms with Crippen LogP contribution < -0.4 is 9.32 Å². The third kappa shape index (κ3) is 3.69. The van der Waals surface area contributed by atoms with Gasteiger partial charge in [-0.25, -0.2) is 0 Å². The molecule has 0 bridgehead atoms. The van der Waals surface area contributed by atoms with E-state index < -0.39 is 10.8 Å². The number of hydrogen-bond donors (Lipinski definition) is 0. The molecule has 12 heavy (non-hydrogen) atoms. The second-order valence-electron chi connectivity index (χ2n) is 2.24. The minimum atomic E-state index is -2.08. The minimum Gasteiger partial charge on any atom is -0.320 e. The van der Waals surface area contributed by atoms with E-state index in [1.165, 1.54) is 0 Å². The lowest BCUT2D eigenvalue weighted by atomic mass is 10.2. The molecule has 0 heterocycles. The van der Waals surface area contributed by atoms with Crippen LogP contribution in [0.2, 0.25) is 0 Å². The molecule has 0 aliphatic carbocycles. The average molecular weight is 189 g/mol. The molecule has 0 N–H and O–H groups in total. The van der Waals surface area contributed by atoms with Crippen molar-refractivity contribution >= 4 is 0 Å². The molecule has 4 heteroatoms. The molecule has 1 aromatic rings. The Morgan fingerprint density at radius 3 is 2.42 bits per heavy atom. The largest absolute Gasteiger partial charge is 0.320 e. The maximum atomic E-state index is 9.93. The molecule has 3 nitrogen and oxygen atoms in total. The summed E-state index contributed by atoms with van der Waals surface area (Å²) in [5.74, 6) is 0. The maximum absolute atomic E-state index is 9.93. The highest BCUT2D eigenvalue weighted by Crippen LogP contribution is 1.99. The van der Waals surface area contributed by atoms with Crippen LogP contribution in [-0.4, -0.2) is 6.61 Å². The molecule has 0 saturated carbocycles. The summed E-state index contributed by atoms with van der Waals surface area (Å²) >= 11 is 0. The van der Waals surface area contributed by atoms with Crippen LogP contribution in [0.3, 0.4) is 0 Å². The molecule has 0 spiro atoms. The molecule has 66 valence electrons. The van der Waals surface area contributed by atoms with Crippen LogP contribution in [0.4, 0.5) is 0 Å². The average Bonchev–Trinajstić information content (AvgIpc) is 2.05. The summed E-state index contributed by atoms with van der Waals surface area (Å²) in [6, 6.07) is 9.56. The van der Waals surface area contributed by atoms with Gasteiger partial charge in [-0.1, -0.05) is 30.3 Å². The first-order chi connectivity index (χ1) is 5.79. The number of rotatable bonds is 4. The molecule has 1 rings (SSSR count). The highest BCUT2D eigenvalue weighted by Gasteiger charge is 2.05. The van der Waals surface area contributed by atoms with Gasteiger partial charge in [0.1, 0.15) is 0 Å². The summed E-state index contributed by atoms with van der Waals surface area (Å²) < 4.78 is 24.2. The van der Waals surface area contributed by atoms with Gasteiger partial charge in [0.05, 0.1) is 0 Å². The second-order valence-corrected chi connectivity index (χ2v) is 2.83. The molecule has 0 saturated heterocycles. The van der Waals surface area contributed by atoms with Crippen molar-refractivity contribution in [2.24, 2.45) is 0 Å². The van der Waals surface area contributed by atoms with E-state index >= 15 is 0 Å². The molecule has 0 unspecified atom stereocenters. The van der Waals surface area contributed by atoms with E-state index in [0.29, 0.717) is 6.42 Å². The number of halogens is 1. The lowest BCUT2D eigenvalue weighted by molar-refractivity contribution is -1.63. The van der Waals surface area contributed by atoms with Gasteiger partial charge in [0.25, 0.3) is 10.8 Å². The topological polar surface area (TPSA) is 55.3 Å². The third-order valence-corrected chi connectivity index (χ3v) is 1.73.